The second-order valence-corrected chi connectivity index (χ2v) is 6.61. The summed E-state index contributed by atoms with van der Waals surface area (Å²) in [5.74, 6) is 0.528. The fourth-order valence-corrected chi connectivity index (χ4v) is 3.16. The van der Waals surface area contributed by atoms with E-state index in [-0.39, 0.29) is 17.6 Å². The van der Waals surface area contributed by atoms with Crippen LogP contribution in [0.15, 0.2) is 29.1 Å². The van der Waals surface area contributed by atoms with E-state index in [1.54, 1.807) is 25.1 Å². The molecule has 7 nitrogen and oxygen atoms in total. The molecule has 26 heavy (non-hydrogen) atoms. The molecule has 1 saturated heterocycles. The van der Waals surface area contributed by atoms with E-state index < -0.39 is 0 Å². The number of rotatable bonds is 4. The van der Waals surface area contributed by atoms with Crippen molar-refractivity contribution >= 4 is 17.3 Å². The molecule has 1 N–H and O–H groups in total. The Bertz CT molecular complexity index is 1020. The lowest BCUT2D eigenvalue weighted by Crippen LogP contribution is -2.27. The van der Waals surface area contributed by atoms with Crippen LogP contribution in [-0.2, 0) is 11.3 Å². The van der Waals surface area contributed by atoms with Crippen molar-refractivity contribution in [2.24, 2.45) is 0 Å². The van der Waals surface area contributed by atoms with Gasteiger partial charge in [0.1, 0.15) is 11.6 Å². The van der Waals surface area contributed by atoms with Crippen LogP contribution in [0.3, 0.4) is 0 Å². The van der Waals surface area contributed by atoms with Gasteiger partial charge in [0.15, 0.2) is 0 Å². The van der Waals surface area contributed by atoms with E-state index in [4.69, 9.17) is 4.74 Å². The van der Waals surface area contributed by atoms with Gasteiger partial charge in [0.2, 0.25) is 0 Å². The summed E-state index contributed by atoms with van der Waals surface area (Å²) in [6.07, 6.45) is 1.95. The monoisotopic (exact) mass is 357 g/mol. The number of nitrogens with one attached hydrogen (secondary N) is 1. The molecule has 0 bridgehead atoms. The summed E-state index contributed by atoms with van der Waals surface area (Å²) in [6, 6.07) is 6.63. The number of aryl methyl sites for hydroxylation is 2. The highest BCUT2D eigenvalue weighted by Crippen LogP contribution is 2.19. The van der Waals surface area contributed by atoms with Gasteiger partial charge in [-0.05, 0) is 44.4 Å². The molecule has 0 amide bonds. The summed E-state index contributed by atoms with van der Waals surface area (Å²) in [4.78, 5) is 17.0. The van der Waals surface area contributed by atoms with E-state index in [0.29, 0.717) is 35.1 Å². The molecular formula is C18H20FN5O2. The van der Waals surface area contributed by atoms with E-state index in [9.17, 15) is 9.18 Å². The average Bonchev–Trinajstić information content (AvgIpc) is 3.20. The molecule has 8 heteroatoms. The Kier molecular flexibility index (Phi) is 4.20. The van der Waals surface area contributed by atoms with Crippen LogP contribution in [0.25, 0.3) is 5.78 Å². The Morgan fingerprint density at radius 1 is 1.35 bits per heavy atom. The minimum atomic E-state index is -0.287. The maximum atomic E-state index is 13.7. The summed E-state index contributed by atoms with van der Waals surface area (Å²) in [5.41, 5.74) is 1.64. The number of anilines is 2. The van der Waals surface area contributed by atoms with E-state index in [2.05, 4.69) is 15.4 Å². The van der Waals surface area contributed by atoms with Gasteiger partial charge in [-0.1, -0.05) is 6.07 Å². The highest BCUT2D eigenvalue weighted by Gasteiger charge is 2.20. The smallest absolute Gasteiger partial charge is 0.351 e. The molecule has 1 unspecified atom stereocenters. The SMILES string of the molecule is Cc1ccc(Nc2cc(C)n3c(=O)n(CC4CCCO4)nc3n2)cc1F. The Balaban J connectivity index is 1.66. The van der Waals surface area contributed by atoms with Crippen LogP contribution in [-0.4, -0.2) is 31.9 Å². The molecule has 1 aromatic carbocycles. The third-order valence-corrected chi connectivity index (χ3v) is 4.59. The Morgan fingerprint density at radius 3 is 2.92 bits per heavy atom. The molecule has 1 aliphatic heterocycles. The number of fused-ring (bicyclic) bond motifs is 1. The lowest BCUT2D eigenvalue weighted by molar-refractivity contribution is 0.0931. The minimum Gasteiger partial charge on any atom is -0.376 e. The molecule has 4 rings (SSSR count). The maximum Gasteiger partial charge on any atom is 0.351 e. The average molecular weight is 357 g/mol. The minimum absolute atomic E-state index is 0.0195. The molecule has 136 valence electrons. The number of halogens is 1. The molecule has 1 fully saturated rings. The highest BCUT2D eigenvalue weighted by molar-refractivity contribution is 5.58. The van der Waals surface area contributed by atoms with E-state index >= 15 is 0 Å². The number of nitrogens with zero attached hydrogens (tertiary/aromatic N) is 4. The van der Waals surface area contributed by atoms with Crippen molar-refractivity contribution in [2.45, 2.75) is 39.3 Å². The normalized spacial score (nSPS) is 17.1. The summed E-state index contributed by atoms with van der Waals surface area (Å²) in [6.45, 7) is 4.68. The number of hydrogen-bond acceptors (Lipinski definition) is 5. The maximum absolute atomic E-state index is 13.7. The van der Waals surface area contributed by atoms with Crippen LogP contribution in [0.4, 0.5) is 15.9 Å². The van der Waals surface area contributed by atoms with Crippen LogP contribution >= 0.6 is 0 Å². The molecule has 3 heterocycles. The zero-order valence-electron chi connectivity index (χ0n) is 14.7. The molecule has 1 aliphatic rings. The molecule has 2 aromatic heterocycles. The van der Waals surface area contributed by atoms with Crippen molar-refractivity contribution in [3.63, 3.8) is 0 Å². The van der Waals surface area contributed by atoms with E-state index in [1.807, 2.05) is 6.92 Å². The second kappa shape index (κ2) is 6.53. The van der Waals surface area contributed by atoms with Gasteiger partial charge in [-0.2, -0.15) is 4.98 Å². The first kappa shape index (κ1) is 16.7. The molecule has 0 radical (unpaired) electrons. The van der Waals surface area contributed by atoms with Gasteiger partial charge in [-0.25, -0.2) is 18.3 Å². The number of ether oxygens (including phenoxy) is 1. The van der Waals surface area contributed by atoms with Gasteiger partial charge in [-0.3, -0.25) is 0 Å². The first-order valence-electron chi connectivity index (χ1n) is 8.63. The first-order valence-corrected chi connectivity index (χ1v) is 8.63. The van der Waals surface area contributed by atoms with Gasteiger partial charge in [0.05, 0.1) is 12.6 Å². The van der Waals surface area contributed by atoms with Crippen LogP contribution in [0.1, 0.15) is 24.1 Å². The highest BCUT2D eigenvalue weighted by atomic mass is 19.1. The van der Waals surface area contributed by atoms with E-state index in [0.717, 1.165) is 19.4 Å². The number of benzene rings is 1. The van der Waals surface area contributed by atoms with Crippen LogP contribution in [0, 0.1) is 19.7 Å². The van der Waals surface area contributed by atoms with Crippen LogP contribution in [0.2, 0.25) is 0 Å². The van der Waals surface area contributed by atoms with Crippen LogP contribution in [0.5, 0.6) is 0 Å². The fraction of sp³-hybridized carbons (Fsp3) is 0.389. The van der Waals surface area contributed by atoms with Crippen molar-refractivity contribution < 1.29 is 9.13 Å². The number of hydrogen-bond donors (Lipinski definition) is 1. The second-order valence-electron chi connectivity index (χ2n) is 6.61. The number of aromatic nitrogens is 4. The van der Waals surface area contributed by atoms with E-state index in [1.165, 1.54) is 15.1 Å². The van der Waals surface area contributed by atoms with Crippen molar-refractivity contribution in [3.8, 4) is 0 Å². The van der Waals surface area contributed by atoms with Crippen molar-refractivity contribution in [1.82, 2.24) is 19.2 Å². The summed E-state index contributed by atoms with van der Waals surface area (Å²) in [5, 5.41) is 7.40. The van der Waals surface area contributed by atoms with Gasteiger partial charge in [0, 0.05) is 24.1 Å². The molecule has 1 atom stereocenters. The first-order chi connectivity index (χ1) is 12.5. The molecule has 0 spiro atoms. The zero-order chi connectivity index (χ0) is 18.3. The van der Waals surface area contributed by atoms with Gasteiger partial charge >= 0.3 is 5.69 Å². The Labute approximate surface area is 149 Å². The predicted molar refractivity (Wildman–Crippen MR) is 95.4 cm³/mol. The lowest BCUT2D eigenvalue weighted by Gasteiger charge is -2.08. The lowest BCUT2D eigenvalue weighted by atomic mass is 10.2. The standard InChI is InChI=1S/C18H20FN5O2/c1-11-5-6-13(9-15(11)19)20-16-8-12(2)24-17(21-16)22-23(18(24)25)10-14-4-3-7-26-14/h5-6,8-9,14H,3-4,7,10H2,1-2H3,(H,20,21,22). The summed E-state index contributed by atoms with van der Waals surface area (Å²) >= 11 is 0. The summed E-state index contributed by atoms with van der Waals surface area (Å²) < 4.78 is 22.2. The summed E-state index contributed by atoms with van der Waals surface area (Å²) in [7, 11) is 0. The third kappa shape index (κ3) is 3.08. The topological polar surface area (TPSA) is 73.5 Å². The van der Waals surface area contributed by atoms with Crippen molar-refractivity contribution in [2.75, 3.05) is 11.9 Å². The Hall–Kier alpha value is -2.74. The van der Waals surface area contributed by atoms with Gasteiger partial charge in [-0.15, -0.1) is 5.10 Å². The predicted octanol–water partition coefficient (Wildman–Crippen LogP) is 2.57. The Morgan fingerprint density at radius 2 is 2.19 bits per heavy atom. The van der Waals surface area contributed by atoms with Gasteiger partial charge < -0.3 is 10.1 Å². The quantitative estimate of drug-likeness (QED) is 0.777. The zero-order valence-corrected chi connectivity index (χ0v) is 14.7. The molecule has 0 aliphatic carbocycles. The molecular weight excluding hydrogens is 337 g/mol. The van der Waals surface area contributed by atoms with Gasteiger partial charge in [0.25, 0.3) is 5.78 Å². The van der Waals surface area contributed by atoms with Crippen LogP contribution < -0.4 is 11.0 Å². The molecule has 3 aromatic rings. The van der Waals surface area contributed by atoms with Crippen molar-refractivity contribution in [3.05, 3.63) is 51.8 Å². The third-order valence-electron chi connectivity index (χ3n) is 4.59. The molecule has 0 saturated carbocycles. The fourth-order valence-electron chi connectivity index (χ4n) is 3.16. The van der Waals surface area contributed by atoms with Crippen molar-refractivity contribution in [1.29, 1.82) is 0 Å². The largest absolute Gasteiger partial charge is 0.376 e.